The standard InChI is InChI=1S/C19H16BrN3O3/c1-3-18-22-17-8-7-14(20)10-16(17)19(25)23(18)21-11-13-5-4-6-15(9-13)26-12(2)24/h4-11H,3H2,1-2H3. The van der Waals surface area contributed by atoms with E-state index in [4.69, 9.17) is 4.74 Å². The number of hydrogen-bond donors (Lipinski definition) is 0. The Morgan fingerprint density at radius 2 is 2.12 bits per heavy atom. The molecule has 0 atom stereocenters. The van der Waals surface area contributed by atoms with Gasteiger partial charge >= 0.3 is 5.97 Å². The number of benzene rings is 2. The van der Waals surface area contributed by atoms with Crippen LogP contribution in [0.3, 0.4) is 0 Å². The zero-order valence-electron chi connectivity index (χ0n) is 14.3. The molecule has 26 heavy (non-hydrogen) atoms. The number of carbonyl (C=O) groups excluding carboxylic acids is 1. The largest absolute Gasteiger partial charge is 0.427 e. The van der Waals surface area contributed by atoms with Crippen molar-refractivity contribution >= 4 is 39.0 Å². The van der Waals surface area contributed by atoms with E-state index in [0.29, 0.717) is 34.5 Å². The van der Waals surface area contributed by atoms with Crippen LogP contribution >= 0.6 is 15.9 Å². The van der Waals surface area contributed by atoms with E-state index >= 15 is 0 Å². The summed E-state index contributed by atoms with van der Waals surface area (Å²) in [5.41, 5.74) is 1.10. The first-order valence-electron chi connectivity index (χ1n) is 8.02. The predicted molar refractivity (Wildman–Crippen MR) is 104 cm³/mol. The summed E-state index contributed by atoms with van der Waals surface area (Å²) < 4.78 is 7.16. The molecule has 0 amide bonds. The van der Waals surface area contributed by atoms with Crippen LogP contribution in [0.25, 0.3) is 10.9 Å². The molecule has 1 heterocycles. The Morgan fingerprint density at radius 1 is 1.31 bits per heavy atom. The average molecular weight is 414 g/mol. The number of esters is 1. The fourth-order valence-electron chi connectivity index (χ4n) is 2.49. The molecule has 2 aromatic carbocycles. The second-order valence-corrected chi connectivity index (χ2v) is 6.49. The number of ether oxygens (including phenoxy) is 1. The Labute approximate surface area is 158 Å². The highest BCUT2D eigenvalue weighted by atomic mass is 79.9. The molecular weight excluding hydrogens is 398 g/mol. The van der Waals surface area contributed by atoms with Gasteiger partial charge in [0.2, 0.25) is 0 Å². The monoisotopic (exact) mass is 413 g/mol. The third-order valence-corrected chi connectivity index (χ3v) is 4.13. The highest BCUT2D eigenvalue weighted by molar-refractivity contribution is 9.10. The van der Waals surface area contributed by atoms with E-state index in [9.17, 15) is 9.59 Å². The lowest BCUT2D eigenvalue weighted by Crippen LogP contribution is -2.22. The van der Waals surface area contributed by atoms with Crippen molar-refractivity contribution in [1.29, 1.82) is 0 Å². The number of carbonyl (C=O) groups is 1. The van der Waals surface area contributed by atoms with Gasteiger partial charge in [0.1, 0.15) is 11.6 Å². The second-order valence-electron chi connectivity index (χ2n) is 5.57. The van der Waals surface area contributed by atoms with Gasteiger partial charge in [-0.3, -0.25) is 9.59 Å². The summed E-state index contributed by atoms with van der Waals surface area (Å²) in [5.74, 6) is 0.593. The normalized spacial score (nSPS) is 11.2. The molecule has 6 nitrogen and oxygen atoms in total. The van der Waals surface area contributed by atoms with Gasteiger partial charge in [0.05, 0.1) is 17.1 Å². The lowest BCUT2D eigenvalue weighted by molar-refractivity contribution is -0.131. The summed E-state index contributed by atoms with van der Waals surface area (Å²) in [6.07, 6.45) is 2.10. The van der Waals surface area contributed by atoms with Gasteiger partial charge in [0.15, 0.2) is 0 Å². The Kier molecular flexibility index (Phi) is 5.27. The molecule has 0 fully saturated rings. The quantitative estimate of drug-likeness (QED) is 0.372. The first kappa shape index (κ1) is 18.0. The van der Waals surface area contributed by atoms with Gasteiger partial charge in [-0.15, -0.1) is 0 Å². The van der Waals surface area contributed by atoms with Crippen LogP contribution in [0.2, 0.25) is 0 Å². The molecule has 0 unspecified atom stereocenters. The van der Waals surface area contributed by atoms with E-state index in [0.717, 1.165) is 4.47 Å². The van der Waals surface area contributed by atoms with E-state index in [-0.39, 0.29) is 5.56 Å². The molecule has 3 rings (SSSR count). The summed E-state index contributed by atoms with van der Waals surface area (Å²) in [7, 11) is 0. The van der Waals surface area contributed by atoms with Gasteiger partial charge in [-0.1, -0.05) is 35.0 Å². The molecule has 0 aliphatic heterocycles. The topological polar surface area (TPSA) is 73.6 Å². The van der Waals surface area contributed by atoms with Gasteiger partial charge < -0.3 is 4.74 Å². The molecule has 0 saturated heterocycles. The third kappa shape index (κ3) is 3.88. The summed E-state index contributed by atoms with van der Waals surface area (Å²) in [5, 5.41) is 4.80. The molecule has 0 aliphatic carbocycles. The maximum Gasteiger partial charge on any atom is 0.308 e. The minimum atomic E-state index is -0.395. The van der Waals surface area contributed by atoms with Crippen LogP contribution in [0.15, 0.2) is 56.8 Å². The first-order chi connectivity index (χ1) is 12.5. The lowest BCUT2D eigenvalue weighted by atomic mass is 10.2. The Balaban J connectivity index is 2.05. The van der Waals surface area contributed by atoms with Crippen LogP contribution in [0.5, 0.6) is 5.75 Å². The van der Waals surface area contributed by atoms with E-state index < -0.39 is 5.97 Å². The minimum Gasteiger partial charge on any atom is -0.427 e. The first-order valence-corrected chi connectivity index (χ1v) is 8.81. The van der Waals surface area contributed by atoms with Crippen LogP contribution in [-0.4, -0.2) is 21.8 Å². The Hall–Kier alpha value is -2.80. The van der Waals surface area contributed by atoms with E-state index in [2.05, 4.69) is 26.0 Å². The van der Waals surface area contributed by atoms with Crippen molar-refractivity contribution in [2.75, 3.05) is 0 Å². The SMILES string of the molecule is CCc1nc2ccc(Br)cc2c(=O)n1N=Cc1cccc(OC(C)=O)c1. The summed E-state index contributed by atoms with van der Waals surface area (Å²) >= 11 is 3.37. The van der Waals surface area contributed by atoms with Crippen molar-refractivity contribution in [3.8, 4) is 5.75 Å². The smallest absolute Gasteiger partial charge is 0.308 e. The molecule has 132 valence electrons. The van der Waals surface area contributed by atoms with Crippen molar-refractivity contribution in [2.24, 2.45) is 5.10 Å². The van der Waals surface area contributed by atoms with Gasteiger partial charge in [-0.2, -0.15) is 9.78 Å². The molecule has 0 bridgehead atoms. The molecule has 7 heteroatoms. The summed E-state index contributed by atoms with van der Waals surface area (Å²) in [4.78, 5) is 28.4. The van der Waals surface area contributed by atoms with Gasteiger partial charge in [-0.05, 0) is 35.9 Å². The van der Waals surface area contributed by atoms with Crippen molar-refractivity contribution in [1.82, 2.24) is 9.66 Å². The second kappa shape index (κ2) is 7.61. The zero-order valence-corrected chi connectivity index (χ0v) is 15.9. The highest BCUT2D eigenvalue weighted by Gasteiger charge is 2.09. The minimum absolute atomic E-state index is 0.236. The summed E-state index contributed by atoms with van der Waals surface area (Å²) in [6.45, 7) is 3.26. The molecule has 0 radical (unpaired) electrons. The number of nitrogens with zero attached hydrogens (tertiary/aromatic N) is 3. The summed E-state index contributed by atoms with van der Waals surface area (Å²) in [6, 6.07) is 12.3. The number of fused-ring (bicyclic) bond motifs is 1. The molecule has 1 aromatic heterocycles. The maximum atomic E-state index is 12.8. The zero-order chi connectivity index (χ0) is 18.7. The third-order valence-electron chi connectivity index (χ3n) is 3.63. The molecular formula is C19H16BrN3O3. The molecule has 0 N–H and O–H groups in total. The molecule has 3 aromatic rings. The van der Waals surface area contributed by atoms with Crippen LogP contribution in [0.4, 0.5) is 0 Å². The van der Waals surface area contributed by atoms with Crippen molar-refractivity contribution in [3.05, 3.63) is 68.7 Å². The van der Waals surface area contributed by atoms with Gasteiger partial charge in [0.25, 0.3) is 5.56 Å². The van der Waals surface area contributed by atoms with Gasteiger partial charge in [0, 0.05) is 17.8 Å². The van der Waals surface area contributed by atoms with Gasteiger partial charge in [-0.25, -0.2) is 4.98 Å². The van der Waals surface area contributed by atoms with E-state index in [1.807, 2.05) is 13.0 Å². The predicted octanol–water partition coefficient (Wildman–Crippen LogP) is 3.53. The van der Waals surface area contributed by atoms with Crippen LogP contribution < -0.4 is 10.3 Å². The molecule has 0 saturated carbocycles. The number of aryl methyl sites for hydroxylation is 1. The highest BCUT2D eigenvalue weighted by Crippen LogP contribution is 2.16. The average Bonchev–Trinajstić information content (AvgIpc) is 2.61. The van der Waals surface area contributed by atoms with Crippen molar-refractivity contribution in [3.63, 3.8) is 0 Å². The Bertz CT molecular complexity index is 1070. The van der Waals surface area contributed by atoms with Crippen molar-refractivity contribution < 1.29 is 9.53 Å². The molecule has 0 aliphatic rings. The van der Waals surface area contributed by atoms with Crippen LogP contribution in [0, 0.1) is 0 Å². The fourth-order valence-corrected chi connectivity index (χ4v) is 2.85. The Morgan fingerprint density at radius 3 is 2.85 bits per heavy atom. The van der Waals surface area contributed by atoms with Crippen LogP contribution in [0.1, 0.15) is 25.2 Å². The number of hydrogen-bond acceptors (Lipinski definition) is 5. The maximum absolute atomic E-state index is 12.8. The van der Waals surface area contributed by atoms with Crippen LogP contribution in [-0.2, 0) is 11.2 Å². The van der Waals surface area contributed by atoms with E-state index in [1.165, 1.54) is 11.6 Å². The fraction of sp³-hybridized carbons (Fsp3) is 0.158. The van der Waals surface area contributed by atoms with E-state index in [1.54, 1.807) is 42.6 Å². The number of halogens is 1. The number of aromatic nitrogens is 2. The molecule has 0 spiro atoms. The number of rotatable bonds is 4. The lowest BCUT2D eigenvalue weighted by Gasteiger charge is -2.08. The van der Waals surface area contributed by atoms with Crippen molar-refractivity contribution in [2.45, 2.75) is 20.3 Å².